The first-order valence-corrected chi connectivity index (χ1v) is 4.48. The minimum atomic E-state index is -0.580. The maximum atomic E-state index is 11.0. The molecule has 14 heavy (non-hydrogen) atoms. The Morgan fingerprint density at radius 1 is 1.43 bits per heavy atom. The van der Waals surface area contributed by atoms with E-state index in [-0.39, 0.29) is 18.7 Å². The molecule has 0 amide bonds. The van der Waals surface area contributed by atoms with Crippen molar-refractivity contribution in [3.63, 3.8) is 0 Å². The number of hydrogen-bond acceptors (Lipinski definition) is 3. The molecule has 0 radical (unpaired) electrons. The van der Waals surface area contributed by atoms with Gasteiger partial charge < -0.3 is 10.9 Å². The fourth-order valence-corrected chi connectivity index (χ4v) is 0.907. The molecule has 3 N–H and O–H groups in total. The Labute approximate surface area is 88.6 Å². The highest BCUT2D eigenvalue weighted by molar-refractivity contribution is 6.29. The van der Waals surface area contributed by atoms with Crippen molar-refractivity contribution >= 4 is 17.6 Å². The SMILES string of the molecule is CC(Cl)C(=O)OCc1ccccc1.N. The maximum absolute atomic E-state index is 11.0. The lowest BCUT2D eigenvalue weighted by Crippen LogP contribution is -2.13. The third-order valence-corrected chi connectivity index (χ3v) is 1.73. The van der Waals surface area contributed by atoms with E-state index in [1.807, 2.05) is 30.3 Å². The monoisotopic (exact) mass is 215 g/mol. The van der Waals surface area contributed by atoms with Gasteiger partial charge in [-0.2, -0.15) is 0 Å². The van der Waals surface area contributed by atoms with Crippen LogP contribution in [0.4, 0.5) is 0 Å². The van der Waals surface area contributed by atoms with Gasteiger partial charge in [-0.3, -0.25) is 4.79 Å². The molecule has 1 atom stereocenters. The fraction of sp³-hybridized carbons (Fsp3) is 0.300. The molecule has 0 heterocycles. The fourth-order valence-electron chi connectivity index (χ4n) is 0.844. The number of carbonyl (C=O) groups excluding carboxylic acids is 1. The number of alkyl halides is 1. The molecular formula is C10H14ClNO2. The lowest BCUT2D eigenvalue weighted by Gasteiger charge is -2.05. The van der Waals surface area contributed by atoms with Crippen LogP contribution in [0.5, 0.6) is 0 Å². The predicted octanol–water partition coefficient (Wildman–Crippen LogP) is 2.52. The molecule has 4 heteroatoms. The highest BCUT2D eigenvalue weighted by Crippen LogP contribution is 2.03. The second kappa shape index (κ2) is 6.40. The first kappa shape index (κ1) is 12.9. The van der Waals surface area contributed by atoms with Crippen molar-refractivity contribution in [1.82, 2.24) is 6.15 Å². The van der Waals surface area contributed by atoms with Crippen LogP contribution in [0.25, 0.3) is 0 Å². The number of esters is 1. The zero-order valence-electron chi connectivity index (χ0n) is 8.07. The van der Waals surface area contributed by atoms with Gasteiger partial charge in [-0.25, -0.2) is 0 Å². The largest absolute Gasteiger partial charge is 0.460 e. The molecule has 78 valence electrons. The molecule has 1 aromatic rings. The Morgan fingerprint density at radius 2 is 2.00 bits per heavy atom. The van der Waals surface area contributed by atoms with E-state index in [1.165, 1.54) is 0 Å². The summed E-state index contributed by atoms with van der Waals surface area (Å²) >= 11 is 5.52. The molecule has 0 aliphatic heterocycles. The molecule has 1 aromatic carbocycles. The van der Waals surface area contributed by atoms with Crippen molar-refractivity contribution in [3.8, 4) is 0 Å². The summed E-state index contributed by atoms with van der Waals surface area (Å²) in [7, 11) is 0. The topological polar surface area (TPSA) is 61.3 Å². The van der Waals surface area contributed by atoms with Crippen molar-refractivity contribution in [2.75, 3.05) is 0 Å². The zero-order chi connectivity index (χ0) is 9.68. The highest BCUT2D eigenvalue weighted by atomic mass is 35.5. The number of hydrogen-bond donors (Lipinski definition) is 1. The first-order chi connectivity index (χ1) is 6.20. The van der Waals surface area contributed by atoms with Gasteiger partial charge in [0.25, 0.3) is 0 Å². The molecule has 0 aromatic heterocycles. The number of ether oxygens (including phenoxy) is 1. The van der Waals surface area contributed by atoms with E-state index in [1.54, 1.807) is 6.92 Å². The summed E-state index contributed by atoms with van der Waals surface area (Å²) in [4.78, 5) is 11.0. The van der Waals surface area contributed by atoms with Crippen LogP contribution in [0, 0.1) is 0 Å². The lowest BCUT2D eigenvalue weighted by molar-refractivity contribution is -0.144. The quantitative estimate of drug-likeness (QED) is 0.623. The minimum Gasteiger partial charge on any atom is -0.460 e. The summed E-state index contributed by atoms with van der Waals surface area (Å²) in [5, 5.41) is -0.580. The van der Waals surface area contributed by atoms with E-state index in [0.717, 1.165) is 5.56 Å². The van der Waals surface area contributed by atoms with Gasteiger partial charge in [-0.15, -0.1) is 11.6 Å². The number of carbonyl (C=O) groups is 1. The summed E-state index contributed by atoms with van der Waals surface area (Å²) in [6.07, 6.45) is 0. The van der Waals surface area contributed by atoms with Crippen molar-refractivity contribution in [3.05, 3.63) is 35.9 Å². The second-order valence-corrected chi connectivity index (χ2v) is 3.36. The summed E-state index contributed by atoms with van der Waals surface area (Å²) in [6, 6.07) is 9.49. The molecule has 0 bridgehead atoms. The molecule has 0 saturated carbocycles. The van der Waals surface area contributed by atoms with Crippen LogP contribution in [0.2, 0.25) is 0 Å². The normalized spacial score (nSPS) is 11.3. The summed E-state index contributed by atoms with van der Waals surface area (Å²) < 4.78 is 4.92. The third-order valence-electron chi connectivity index (χ3n) is 1.55. The van der Waals surface area contributed by atoms with E-state index in [2.05, 4.69) is 0 Å². The molecule has 0 saturated heterocycles. The first-order valence-electron chi connectivity index (χ1n) is 4.05. The zero-order valence-corrected chi connectivity index (χ0v) is 8.83. The average Bonchev–Trinajstić information content (AvgIpc) is 2.15. The van der Waals surface area contributed by atoms with Gasteiger partial charge in [0, 0.05) is 0 Å². The van der Waals surface area contributed by atoms with Gasteiger partial charge >= 0.3 is 5.97 Å². The van der Waals surface area contributed by atoms with Crippen LogP contribution < -0.4 is 6.15 Å². The maximum Gasteiger partial charge on any atom is 0.324 e. The smallest absolute Gasteiger partial charge is 0.324 e. The summed E-state index contributed by atoms with van der Waals surface area (Å²) in [5.74, 6) is -0.384. The van der Waals surface area contributed by atoms with Crippen LogP contribution >= 0.6 is 11.6 Å². The standard InChI is InChI=1S/C10H11ClO2.H3N/c1-8(11)10(12)13-7-9-5-3-2-4-6-9;/h2-6,8H,7H2,1H3;1H3. The number of halogens is 1. The number of benzene rings is 1. The second-order valence-electron chi connectivity index (χ2n) is 2.71. The highest BCUT2D eigenvalue weighted by Gasteiger charge is 2.09. The Morgan fingerprint density at radius 3 is 2.50 bits per heavy atom. The lowest BCUT2D eigenvalue weighted by atomic mass is 10.2. The van der Waals surface area contributed by atoms with Gasteiger partial charge in [0.1, 0.15) is 12.0 Å². The van der Waals surface area contributed by atoms with Gasteiger partial charge in [-0.05, 0) is 12.5 Å². The average molecular weight is 216 g/mol. The summed E-state index contributed by atoms with van der Waals surface area (Å²) in [6.45, 7) is 1.88. The molecule has 1 rings (SSSR count). The van der Waals surface area contributed by atoms with Gasteiger partial charge in [0.15, 0.2) is 0 Å². The van der Waals surface area contributed by atoms with Gasteiger partial charge in [0.05, 0.1) is 0 Å². The Bertz CT molecular complexity index is 275. The predicted molar refractivity (Wildman–Crippen MR) is 56.6 cm³/mol. The van der Waals surface area contributed by atoms with E-state index in [0.29, 0.717) is 0 Å². The van der Waals surface area contributed by atoms with E-state index >= 15 is 0 Å². The number of rotatable bonds is 3. The van der Waals surface area contributed by atoms with E-state index in [4.69, 9.17) is 16.3 Å². The van der Waals surface area contributed by atoms with E-state index < -0.39 is 5.38 Å². The summed E-state index contributed by atoms with van der Waals surface area (Å²) in [5.41, 5.74) is 0.966. The molecule has 0 spiro atoms. The molecule has 1 unspecified atom stereocenters. The molecule has 3 nitrogen and oxygen atoms in total. The van der Waals surface area contributed by atoms with Crippen LogP contribution in [0.1, 0.15) is 12.5 Å². The Kier molecular flexibility index (Phi) is 5.92. The van der Waals surface area contributed by atoms with Crippen LogP contribution in [-0.4, -0.2) is 11.3 Å². The van der Waals surface area contributed by atoms with Crippen LogP contribution in [-0.2, 0) is 16.1 Å². The van der Waals surface area contributed by atoms with Crippen LogP contribution in [0.3, 0.4) is 0 Å². The van der Waals surface area contributed by atoms with Crippen LogP contribution in [0.15, 0.2) is 30.3 Å². The molecule has 0 aliphatic carbocycles. The van der Waals surface area contributed by atoms with Crippen molar-refractivity contribution < 1.29 is 9.53 Å². The van der Waals surface area contributed by atoms with E-state index in [9.17, 15) is 4.79 Å². The van der Waals surface area contributed by atoms with Gasteiger partial charge in [0.2, 0.25) is 0 Å². The van der Waals surface area contributed by atoms with Crippen molar-refractivity contribution in [1.29, 1.82) is 0 Å². The van der Waals surface area contributed by atoms with Gasteiger partial charge in [-0.1, -0.05) is 30.3 Å². The molecule has 0 fully saturated rings. The third kappa shape index (κ3) is 4.25. The van der Waals surface area contributed by atoms with Crippen molar-refractivity contribution in [2.24, 2.45) is 0 Å². The van der Waals surface area contributed by atoms with Crippen molar-refractivity contribution in [2.45, 2.75) is 18.9 Å². The Balaban J connectivity index is 0.00000169. The molecular weight excluding hydrogens is 202 g/mol. The minimum absolute atomic E-state index is 0. The Hall–Kier alpha value is -1.06. The molecule has 0 aliphatic rings.